The lowest BCUT2D eigenvalue weighted by Crippen LogP contribution is -2.59. The first-order valence-corrected chi connectivity index (χ1v) is 20.9. The van der Waals surface area contributed by atoms with Gasteiger partial charge >= 0.3 is 0 Å². The number of rotatable bonds is 0. The van der Waals surface area contributed by atoms with Gasteiger partial charge in [-0.2, -0.15) is 0 Å². The summed E-state index contributed by atoms with van der Waals surface area (Å²) >= 11 is 0. The lowest BCUT2D eigenvalue weighted by atomic mass is 9.34. The Balaban J connectivity index is 1.19. The summed E-state index contributed by atoms with van der Waals surface area (Å²) in [6.07, 6.45) is 0. The zero-order valence-electron chi connectivity index (χ0n) is 32.6. The van der Waals surface area contributed by atoms with E-state index in [1.807, 2.05) is 0 Å². The van der Waals surface area contributed by atoms with Crippen LogP contribution in [-0.4, -0.2) is 15.8 Å². The third-order valence-corrected chi connectivity index (χ3v) is 14.3. The maximum Gasteiger partial charge on any atom is 0.252 e. The number of hydrogen-bond donors (Lipinski definition) is 0. The summed E-state index contributed by atoms with van der Waals surface area (Å²) in [6, 6.07) is 62.7. The highest BCUT2D eigenvalue weighted by atomic mass is 15.0. The van der Waals surface area contributed by atoms with E-state index in [0.29, 0.717) is 0 Å². The van der Waals surface area contributed by atoms with E-state index in [2.05, 4.69) is 187 Å². The van der Waals surface area contributed by atoms with Gasteiger partial charge in [-0.15, -0.1) is 0 Å². The smallest absolute Gasteiger partial charge is 0.252 e. The number of benzene rings is 11. The SMILES string of the molecule is Cc1ccc2c(c1)c1c3c4ccccc4c4ccccc4c3cc3c1n2-c1cccc2c1B3c1cc(C)cc3c4c5c6ccccc6c6ccccc6c5ccc4n-2c13. The number of fused-ring (bicyclic) bond motifs is 24. The Bertz CT molecular complexity index is 4130. The minimum Gasteiger partial charge on any atom is -0.310 e. The van der Waals surface area contributed by atoms with Crippen molar-refractivity contribution in [2.75, 3.05) is 0 Å². The Labute approximate surface area is 339 Å². The number of aryl methyl sites for hydroxylation is 2. The van der Waals surface area contributed by atoms with Gasteiger partial charge in [-0.25, -0.2) is 0 Å². The lowest BCUT2D eigenvalue weighted by molar-refractivity contribution is 1.14. The molecule has 0 atom stereocenters. The standard InChI is InChI=1S/C56H33BN2/c1-30-22-24-46-42(26-30)53-51-39-19-10-8-15-35(39)33-13-4-6-17-37(33)41(51)29-45-56(53)58(46)48-20-11-21-49-54(48)57(45)44-28-31(2)27-43-52-47(59(49)55(43)44)25-23-40-36-16-5-3-12-32(36)34-14-7-9-18-38(34)50(40)52/h3-29H,1-2H3. The van der Waals surface area contributed by atoms with Gasteiger partial charge in [-0.3, -0.25) is 0 Å². The molecule has 0 radical (unpaired) electrons. The van der Waals surface area contributed by atoms with E-state index < -0.39 is 0 Å². The molecule has 15 rings (SSSR count). The molecule has 0 saturated carbocycles. The van der Waals surface area contributed by atoms with Crippen LogP contribution >= 0.6 is 0 Å². The molecule has 0 bridgehead atoms. The molecule has 2 aromatic heterocycles. The predicted octanol–water partition coefficient (Wildman–Crippen LogP) is 12.6. The van der Waals surface area contributed by atoms with Crippen LogP contribution in [0.4, 0.5) is 0 Å². The first kappa shape index (κ1) is 30.7. The second-order valence-electron chi connectivity index (χ2n) is 17.3. The second-order valence-corrected chi connectivity index (χ2v) is 17.3. The van der Waals surface area contributed by atoms with Gasteiger partial charge in [0.1, 0.15) is 0 Å². The van der Waals surface area contributed by atoms with Crippen LogP contribution in [0.25, 0.3) is 120 Å². The van der Waals surface area contributed by atoms with E-state index in [0.717, 1.165) is 0 Å². The fourth-order valence-electron chi connectivity index (χ4n) is 12.2. The van der Waals surface area contributed by atoms with Crippen molar-refractivity contribution in [1.82, 2.24) is 9.13 Å². The Hall–Kier alpha value is -7.36. The van der Waals surface area contributed by atoms with E-state index in [1.54, 1.807) is 0 Å². The van der Waals surface area contributed by atoms with E-state index in [4.69, 9.17) is 0 Å². The van der Waals surface area contributed by atoms with Crippen molar-refractivity contribution in [1.29, 1.82) is 0 Å². The summed E-state index contributed by atoms with van der Waals surface area (Å²) < 4.78 is 5.25. The van der Waals surface area contributed by atoms with E-state index >= 15 is 0 Å². The molecule has 0 N–H and O–H groups in total. The summed E-state index contributed by atoms with van der Waals surface area (Å²) in [5.74, 6) is 0. The van der Waals surface area contributed by atoms with Crippen LogP contribution in [0.15, 0.2) is 164 Å². The fraction of sp³-hybridized carbons (Fsp3) is 0.0357. The molecule has 13 aromatic rings. The van der Waals surface area contributed by atoms with Crippen LogP contribution in [-0.2, 0) is 0 Å². The highest BCUT2D eigenvalue weighted by molar-refractivity contribution is 7.00. The van der Waals surface area contributed by atoms with E-state index in [9.17, 15) is 0 Å². The third-order valence-electron chi connectivity index (χ3n) is 14.3. The maximum absolute atomic E-state index is 2.63. The van der Waals surface area contributed by atoms with Crippen molar-refractivity contribution in [2.24, 2.45) is 0 Å². The average Bonchev–Trinajstić information content (AvgIpc) is 3.80. The van der Waals surface area contributed by atoms with E-state index in [-0.39, 0.29) is 6.71 Å². The number of nitrogens with zero attached hydrogens (tertiary/aromatic N) is 2. The van der Waals surface area contributed by atoms with Crippen LogP contribution in [0, 0.1) is 13.8 Å². The van der Waals surface area contributed by atoms with Crippen molar-refractivity contribution in [3.63, 3.8) is 0 Å². The van der Waals surface area contributed by atoms with Crippen LogP contribution in [0.3, 0.4) is 0 Å². The first-order chi connectivity index (χ1) is 29.1. The molecule has 0 saturated heterocycles. The Morgan fingerprint density at radius 2 is 0.814 bits per heavy atom. The molecule has 2 aliphatic heterocycles. The molecular weight excluding hydrogens is 711 g/mol. The van der Waals surface area contributed by atoms with Crippen molar-refractivity contribution in [3.05, 3.63) is 175 Å². The summed E-state index contributed by atoms with van der Waals surface area (Å²) in [6.45, 7) is 4.60. The Morgan fingerprint density at radius 3 is 1.46 bits per heavy atom. The van der Waals surface area contributed by atoms with Gasteiger partial charge in [0, 0.05) is 49.2 Å². The highest BCUT2D eigenvalue weighted by Crippen LogP contribution is 2.47. The van der Waals surface area contributed by atoms with Gasteiger partial charge in [0.15, 0.2) is 0 Å². The third kappa shape index (κ3) is 3.52. The molecule has 0 spiro atoms. The predicted molar refractivity (Wildman–Crippen MR) is 254 cm³/mol. The Kier molecular flexibility index (Phi) is 5.41. The van der Waals surface area contributed by atoms with Gasteiger partial charge in [0.25, 0.3) is 6.71 Å². The molecule has 0 amide bonds. The summed E-state index contributed by atoms with van der Waals surface area (Å²) in [4.78, 5) is 0. The minimum absolute atomic E-state index is 0.0549. The summed E-state index contributed by atoms with van der Waals surface area (Å²) in [7, 11) is 0. The van der Waals surface area contributed by atoms with Crippen molar-refractivity contribution < 1.29 is 0 Å². The van der Waals surface area contributed by atoms with Crippen molar-refractivity contribution in [3.8, 4) is 11.4 Å². The highest BCUT2D eigenvalue weighted by Gasteiger charge is 2.41. The number of aromatic nitrogens is 2. The van der Waals surface area contributed by atoms with Crippen molar-refractivity contribution in [2.45, 2.75) is 13.8 Å². The van der Waals surface area contributed by atoms with Crippen LogP contribution in [0.1, 0.15) is 11.1 Å². The topological polar surface area (TPSA) is 9.86 Å². The molecule has 59 heavy (non-hydrogen) atoms. The van der Waals surface area contributed by atoms with Gasteiger partial charge < -0.3 is 9.13 Å². The number of hydrogen-bond acceptors (Lipinski definition) is 0. The van der Waals surface area contributed by atoms with Crippen molar-refractivity contribution >= 4 is 131 Å². The normalized spacial score (nSPS) is 13.2. The maximum atomic E-state index is 2.63. The average molecular weight is 745 g/mol. The van der Waals surface area contributed by atoms with E-state index in [1.165, 1.54) is 147 Å². The van der Waals surface area contributed by atoms with Crippen LogP contribution in [0.2, 0.25) is 0 Å². The molecular formula is C56H33BN2. The van der Waals surface area contributed by atoms with Gasteiger partial charge in [-0.05, 0) is 120 Å². The molecule has 11 aromatic carbocycles. The molecule has 0 fully saturated rings. The lowest BCUT2D eigenvalue weighted by Gasteiger charge is -2.34. The largest absolute Gasteiger partial charge is 0.310 e. The minimum atomic E-state index is 0.0549. The monoisotopic (exact) mass is 744 g/mol. The zero-order valence-corrected chi connectivity index (χ0v) is 32.6. The van der Waals surface area contributed by atoms with Gasteiger partial charge in [-0.1, -0.05) is 139 Å². The Morgan fingerprint density at radius 1 is 0.322 bits per heavy atom. The fourth-order valence-corrected chi connectivity index (χ4v) is 12.2. The molecule has 0 aliphatic carbocycles. The second kappa shape index (κ2) is 10.4. The summed E-state index contributed by atoms with van der Waals surface area (Å²) in [5.41, 5.74) is 14.5. The van der Waals surface area contributed by atoms with Crippen LogP contribution < -0.4 is 16.4 Å². The summed E-state index contributed by atoms with van der Waals surface area (Å²) in [5, 5.41) is 21.3. The van der Waals surface area contributed by atoms with Crippen LogP contribution in [0.5, 0.6) is 0 Å². The molecule has 2 aliphatic rings. The zero-order chi connectivity index (χ0) is 38.4. The first-order valence-electron chi connectivity index (χ1n) is 20.9. The molecule has 0 unspecified atom stereocenters. The van der Waals surface area contributed by atoms with Gasteiger partial charge in [0.2, 0.25) is 0 Å². The quantitative estimate of drug-likeness (QED) is 0.108. The molecule has 3 heteroatoms. The van der Waals surface area contributed by atoms with Gasteiger partial charge in [0.05, 0.1) is 16.6 Å². The molecule has 4 heterocycles. The molecule has 270 valence electrons. The molecule has 2 nitrogen and oxygen atoms in total.